The molecular formula is C31H30ClNO5S. The first-order chi connectivity index (χ1) is 18.8. The molecule has 4 aromatic carbocycles. The Morgan fingerprint density at radius 3 is 2.03 bits per heavy atom. The number of carbonyl (C=O) groups excluding carboxylic acids is 1. The van der Waals surface area contributed by atoms with Crippen LogP contribution in [0.15, 0.2) is 113 Å². The van der Waals surface area contributed by atoms with Crippen LogP contribution < -0.4 is 0 Å². The van der Waals surface area contributed by atoms with Gasteiger partial charge in [-0.1, -0.05) is 66.2 Å². The Morgan fingerprint density at radius 1 is 0.846 bits per heavy atom. The van der Waals surface area contributed by atoms with E-state index in [1.807, 2.05) is 42.5 Å². The number of aliphatic hydroxyl groups excluding tert-OH is 1. The average Bonchev–Trinajstić information content (AvgIpc) is 2.94. The van der Waals surface area contributed by atoms with Crippen LogP contribution >= 0.6 is 11.6 Å². The molecule has 4 aromatic rings. The van der Waals surface area contributed by atoms with Crippen molar-refractivity contribution in [1.29, 1.82) is 0 Å². The zero-order valence-electron chi connectivity index (χ0n) is 21.5. The van der Waals surface area contributed by atoms with E-state index in [1.54, 1.807) is 43.3 Å². The van der Waals surface area contributed by atoms with E-state index < -0.39 is 21.9 Å². The molecule has 1 atom stereocenters. The summed E-state index contributed by atoms with van der Waals surface area (Å²) in [6.07, 6.45) is -0.746. The highest BCUT2D eigenvalue weighted by Crippen LogP contribution is 2.24. The molecule has 6 nitrogen and oxygen atoms in total. The fourth-order valence-electron chi connectivity index (χ4n) is 4.24. The highest BCUT2D eigenvalue weighted by Gasteiger charge is 2.20. The molecule has 39 heavy (non-hydrogen) atoms. The standard InChI is InChI=1S/C31H30ClNO5S/c1-2-38-31(35)25-13-17-29(18-14-25)39(36,37)28-15-11-24(12-16-28)21-33(20-23-7-4-3-5-8-23)22-30(34)26-9-6-10-27(32)19-26/h3-19,30,34H,2,20-22H2,1H3/t30-/m1/s1. The molecule has 4 rings (SSSR count). The monoisotopic (exact) mass is 563 g/mol. The molecule has 0 aromatic heterocycles. The topological polar surface area (TPSA) is 83.9 Å². The van der Waals surface area contributed by atoms with Gasteiger partial charge in [-0.05, 0) is 72.1 Å². The lowest BCUT2D eigenvalue weighted by Gasteiger charge is -2.26. The predicted molar refractivity (Wildman–Crippen MR) is 151 cm³/mol. The number of hydrogen-bond acceptors (Lipinski definition) is 6. The van der Waals surface area contributed by atoms with Gasteiger partial charge in [0.05, 0.1) is 28.1 Å². The number of ether oxygens (including phenoxy) is 1. The number of sulfone groups is 1. The second-order valence-corrected chi connectivity index (χ2v) is 11.5. The van der Waals surface area contributed by atoms with Gasteiger partial charge in [-0.15, -0.1) is 0 Å². The van der Waals surface area contributed by atoms with Gasteiger partial charge in [-0.2, -0.15) is 0 Å². The van der Waals surface area contributed by atoms with Gasteiger partial charge in [-0.3, -0.25) is 4.90 Å². The second-order valence-electron chi connectivity index (χ2n) is 9.12. The SMILES string of the molecule is CCOC(=O)c1ccc(S(=O)(=O)c2ccc(CN(Cc3ccccc3)C[C@@H](O)c3cccc(Cl)c3)cc2)cc1. The van der Waals surface area contributed by atoms with Crippen molar-refractivity contribution in [2.45, 2.75) is 35.9 Å². The van der Waals surface area contributed by atoms with E-state index in [9.17, 15) is 18.3 Å². The number of carbonyl (C=O) groups is 1. The maximum Gasteiger partial charge on any atom is 0.338 e. The average molecular weight is 564 g/mol. The minimum Gasteiger partial charge on any atom is -0.462 e. The number of aliphatic hydroxyl groups is 1. The summed E-state index contributed by atoms with van der Waals surface area (Å²) in [5.41, 5.74) is 3.03. The predicted octanol–water partition coefficient (Wildman–Crippen LogP) is 6.09. The number of benzene rings is 4. The maximum absolute atomic E-state index is 13.2. The van der Waals surface area contributed by atoms with Gasteiger partial charge < -0.3 is 9.84 Å². The highest BCUT2D eigenvalue weighted by atomic mass is 35.5. The van der Waals surface area contributed by atoms with Crippen LogP contribution in [0.5, 0.6) is 0 Å². The molecule has 0 amide bonds. The van der Waals surface area contributed by atoms with Gasteiger partial charge in [0.15, 0.2) is 0 Å². The van der Waals surface area contributed by atoms with E-state index in [4.69, 9.17) is 16.3 Å². The van der Waals surface area contributed by atoms with E-state index in [2.05, 4.69) is 4.90 Å². The van der Waals surface area contributed by atoms with Crippen LogP contribution in [0.1, 0.15) is 40.1 Å². The van der Waals surface area contributed by atoms with Gasteiger partial charge in [0.2, 0.25) is 9.84 Å². The van der Waals surface area contributed by atoms with E-state index >= 15 is 0 Å². The molecule has 8 heteroatoms. The van der Waals surface area contributed by atoms with E-state index in [0.29, 0.717) is 30.2 Å². The maximum atomic E-state index is 13.2. The minimum atomic E-state index is -3.76. The zero-order chi connectivity index (χ0) is 27.8. The van der Waals surface area contributed by atoms with Crippen molar-refractivity contribution in [2.24, 2.45) is 0 Å². The molecular weight excluding hydrogens is 534 g/mol. The van der Waals surface area contributed by atoms with Crippen LogP contribution in [0.4, 0.5) is 0 Å². The molecule has 0 aliphatic heterocycles. The molecule has 0 bridgehead atoms. The highest BCUT2D eigenvalue weighted by molar-refractivity contribution is 7.91. The van der Waals surface area contributed by atoms with Gasteiger partial charge in [0.1, 0.15) is 0 Å². The minimum absolute atomic E-state index is 0.0960. The molecule has 0 aliphatic rings. The summed E-state index contributed by atoms with van der Waals surface area (Å²) < 4.78 is 31.3. The molecule has 0 radical (unpaired) electrons. The fraction of sp³-hybridized carbons (Fsp3) is 0.194. The van der Waals surface area contributed by atoms with Crippen LogP contribution in [0.3, 0.4) is 0 Å². The van der Waals surface area contributed by atoms with Crippen molar-refractivity contribution in [2.75, 3.05) is 13.2 Å². The van der Waals surface area contributed by atoms with Crippen LogP contribution in [-0.4, -0.2) is 37.5 Å². The Balaban J connectivity index is 1.51. The smallest absolute Gasteiger partial charge is 0.338 e. The van der Waals surface area contributed by atoms with Crippen LogP contribution in [0.25, 0.3) is 0 Å². The van der Waals surface area contributed by atoms with Crippen molar-refractivity contribution in [3.05, 3.63) is 130 Å². The Bertz CT molecular complexity index is 1490. The van der Waals surface area contributed by atoms with Crippen molar-refractivity contribution >= 4 is 27.4 Å². The number of rotatable bonds is 11. The molecule has 0 saturated heterocycles. The van der Waals surface area contributed by atoms with Crippen LogP contribution in [0, 0.1) is 0 Å². The van der Waals surface area contributed by atoms with Crippen LogP contribution in [-0.2, 0) is 27.7 Å². The lowest BCUT2D eigenvalue weighted by Crippen LogP contribution is -2.28. The first-order valence-corrected chi connectivity index (χ1v) is 14.4. The Labute approximate surface area is 234 Å². The van der Waals surface area contributed by atoms with Crippen molar-refractivity contribution < 1.29 is 23.1 Å². The van der Waals surface area contributed by atoms with E-state index in [0.717, 1.165) is 16.7 Å². The molecule has 0 heterocycles. The largest absolute Gasteiger partial charge is 0.462 e. The van der Waals surface area contributed by atoms with E-state index in [-0.39, 0.29) is 16.4 Å². The summed E-state index contributed by atoms with van der Waals surface area (Å²) in [4.78, 5) is 14.2. The van der Waals surface area contributed by atoms with Crippen LogP contribution in [0.2, 0.25) is 5.02 Å². The summed E-state index contributed by atoms with van der Waals surface area (Å²) in [7, 11) is -3.76. The van der Waals surface area contributed by atoms with Crippen molar-refractivity contribution in [3.63, 3.8) is 0 Å². The molecule has 202 valence electrons. The molecule has 0 aliphatic carbocycles. The Kier molecular flexibility index (Phi) is 9.54. The zero-order valence-corrected chi connectivity index (χ0v) is 23.1. The third-order valence-electron chi connectivity index (χ3n) is 6.23. The molecule has 0 spiro atoms. The molecule has 0 saturated carbocycles. The number of esters is 1. The number of nitrogens with zero attached hydrogens (tertiary/aromatic N) is 1. The summed E-state index contributed by atoms with van der Waals surface area (Å²) in [5, 5.41) is 11.5. The summed E-state index contributed by atoms with van der Waals surface area (Å²) >= 11 is 6.12. The quantitative estimate of drug-likeness (QED) is 0.222. The third kappa shape index (κ3) is 7.55. The summed E-state index contributed by atoms with van der Waals surface area (Å²) in [6.45, 7) is 3.42. The number of hydrogen-bond donors (Lipinski definition) is 1. The lowest BCUT2D eigenvalue weighted by molar-refractivity contribution is 0.0526. The van der Waals surface area contributed by atoms with Gasteiger partial charge in [0.25, 0.3) is 0 Å². The molecule has 0 unspecified atom stereocenters. The molecule has 1 N–H and O–H groups in total. The van der Waals surface area contributed by atoms with Gasteiger partial charge >= 0.3 is 5.97 Å². The third-order valence-corrected chi connectivity index (χ3v) is 8.25. The lowest BCUT2D eigenvalue weighted by atomic mass is 10.1. The first kappa shape index (κ1) is 28.5. The molecule has 0 fully saturated rings. The van der Waals surface area contributed by atoms with Gasteiger partial charge in [0, 0.05) is 24.7 Å². The first-order valence-electron chi connectivity index (χ1n) is 12.6. The Hall–Kier alpha value is -3.49. The van der Waals surface area contributed by atoms with Crippen molar-refractivity contribution in [3.8, 4) is 0 Å². The second kappa shape index (κ2) is 13.0. The fourth-order valence-corrected chi connectivity index (χ4v) is 5.70. The summed E-state index contributed by atoms with van der Waals surface area (Å²) in [6, 6.07) is 29.6. The Morgan fingerprint density at radius 2 is 1.44 bits per heavy atom. The van der Waals surface area contributed by atoms with Gasteiger partial charge in [-0.25, -0.2) is 13.2 Å². The number of halogens is 1. The van der Waals surface area contributed by atoms with E-state index in [1.165, 1.54) is 24.3 Å². The van der Waals surface area contributed by atoms with Crippen molar-refractivity contribution in [1.82, 2.24) is 4.90 Å². The summed E-state index contributed by atoms with van der Waals surface area (Å²) in [5.74, 6) is -0.494. The normalized spacial score (nSPS) is 12.3.